The van der Waals surface area contributed by atoms with Crippen LogP contribution >= 0.6 is 11.6 Å². The van der Waals surface area contributed by atoms with E-state index in [0.717, 1.165) is 6.07 Å². The predicted molar refractivity (Wildman–Crippen MR) is 98.5 cm³/mol. The summed E-state index contributed by atoms with van der Waals surface area (Å²) in [4.78, 5) is 34.9. The van der Waals surface area contributed by atoms with E-state index in [4.69, 9.17) is 21.1 Å². The Labute approximate surface area is 160 Å². The number of ether oxygens (including phenoxy) is 2. The molecule has 0 aromatic heterocycles. The lowest BCUT2D eigenvalue weighted by molar-refractivity contribution is -0.384. The molecule has 27 heavy (non-hydrogen) atoms. The average Bonchev–Trinajstić information content (AvgIpc) is 2.66. The van der Waals surface area contributed by atoms with Gasteiger partial charge in [0.15, 0.2) is 0 Å². The van der Waals surface area contributed by atoms with Gasteiger partial charge in [-0.25, -0.2) is 4.79 Å². The normalized spacial score (nSPS) is 11.5. The van der Waals surface area contributed by atoms with E-state index in [9.17, 15) is 19.7 Å². The summed E-state index contributed by atoms with van der Waals surface area (Å²) >= 11 is 5.77. The van der Waals surface area contributed by atoms with Gasteiger partial charge in [-0.15, -0.1) is 0 Å². The Morgan fingerprint density at radius 2 is 1.93 bits per heavy atom. The van der Waals surface area contributed by atoms with E-state index in [1.165, 1.54) is 12.1 Å². The van der Waals surface area contributed by atoms with Gasteiger partial charge >= 0.3 is 5.97 Å². The smallest absolute Gasteiger partial charge is 0.333 e. The molecule has 0 unspecified atom stereocenters. The fourth-order valence-corrected chi connectivity index (χ4v) is 2.38. The Morgan fingerprint density at radius 3 is 2.56 bits per heavy atom. The lowest BCUT2D eigenvalue weighted by Gasteiger charge is -2.18. The molecule has 0 aliphatic heterocycles. The van der Waals surface area contributed by atoms with E-state index in [-0.39, 0.29) is 23.0 Å². The number of carbonyl (C=O) groups excluding carboxylic acids is 2. The second-order valence-corrected chi connectivity index (χ2v) is 5.74. The van der Waals surface area contributed by atoms with Crippen molar-refractivity contribution in [3.63, 3.8) is 0 Å². The molecule has 0 saturated heterocycles. The van der Waals surface area contributed by atoms with Crippen LogP contribution in [-0.4, -0.2) is 30.0 Å². The first kappa shape index (κ1) is 20.3. The maximum absolute atomic E-state index is 12.7. The molecule has 142 valence electrons. The molecule has 0 aliphatic rings. The van der Waals surface area contributed by atoms with Crippen molar-refractivity contribution >= 4 is 34.9 Å². The molecule has 9 heteroatoms. The Kier molecular flexibility index (Phi) is 7.27. The third kappa shape index (κ3) is 5.77. The Morgan fingerprint density at radius 1 is 1.22 bits per heavy atom. The van der Waals surface area contributed by atoms with Gasteiger partial charge in [0, 0.05) is 23.9 Å². The van der Waals surface area contributed by atoms with Crippen LogP contribution in [0.4, 0.5) is 11.4 Å². The van der Waals surface area contributed by atoms with Crippen LogP contribution in [0.5, 0.6) is 0 Å². The number of halogens is 1. The summed E-state index contributed by atoms with van der Waals surface area (Å²) in [5.74, 6) is -1.37. The van der Waals surface area contributed by atoms with E-state index in [1.807, 2.05) is 0 Å². The van der Waals surface area contributed by atoms with Crippen molar-refractivity contribution in [2.45, 2.75) is 13.0 Å². The zero-order valence-electron chi connectivity index (χ0n) is 14.4. The maximum atomic E-state index is 12.7. The first-order valence-electron chi connectivity index (χ1n) is 7.99. The molecule has 0 spiro atoms. The molecule has 0 saturated carbocycles. The van der Waals surface area contributed by atoms with E-state index in [0.29, 0.717) is 12.2 Å². The van der Waals surface area contributed by atoms with Gasteiger partial charge < -0.3 is 14.8 Å². The molecule has 0 fully saturated rings. The van der Waals surface area contributed by atoms with Gasteiger partial charge in [-0.2, -0.15) is 0 Å². The fraction of sp³-hybridized carbons (Fsp3) is 0.222. The molecule has 0 heterocycles. The zero-order chi connectivity index (χ0) is 19.8. The van der Waals surface area contributed by atoms with Crippen LogP contribution in [0.15, 0.2) is 48.5 Å². The highest BCUT2D eigenvalue weighted by molar-refractivity contribution is 6.32. The van der Waals surface area contributed by atoms with Gasteiger partial charge in [-0.3, -0.25) is 14.9 Å². The second kappa shape index (κ2) is 9.65. The number of esters is 1. The Hall–Kier alpha value is -2.97. The third-order valence-electron chi connectivity index (χ3n) is 3.42. The molecule has 0 radical (unpaired) electrons. The summed E-state index contributed by atoms with van der Waals surface area (Å²) in [7, 11) is 0. The number of anilines is 1. The third-order valence-corrected chi connectivity index (χ3v) is 3.74. The molecular weight excluding hydrogens is 376 g/mol. The van der Waals surface area contributed by atoms with Crippen molar-refractivity contribution in [2.75, 3.05) is 18.5 Å². The number of amides is 1. The lowest BCUT2D eigenvalue weighted by atomic mass is 10.1. The number of nitrogens with zero attached hydrogens (tertiary/aromatic N) is 1. The summed E-state index contributed by atoms with van der Waals surface area (Å²) in [5.41, 5.74) is 0.250. The zero-order valence-corrected chi connectivity index (χ0v) is 15.1. The fourth-order valence-electron chi connectivity index (χ4n) is 2.19. The first-order valence-corrected chi connectivity index (χ1v) is 8.37. The summed E-state index contributed by atoms with van der Waals surface area (Å²) in [6.45, 7) is 1.76. The van der Waals surface area contributed by atoms with Crippen molar-refractivity contribution in [1.29, 1.82) is 0 Å². The van der Waals surface area contributed by atoms with Crippen LogP contribution in [0.25, 0.3) is 0 Å². The van der Waals surface area contributed by atoms with Crippen molar-refractivity contribution < 1.29 is 24.0 Å². The minimum absolute atomic E-state index is 0.0549. The quantitative estimate of drug-likeness (QED) is 0.418. The van der Waals surface area contributed by atoms with Crippen LogP contribution in [0.2, 0.25) is 5.02 Å². The lowest BCUT2D eigenvalue weighted by Crippen LogP contribution is -2.27. The highest BCUT2D eigenvalue weighted by Crippen LogP contribution is 2.28. The standard InChI is InChI=1S/C18H17ClN2O6/c1-2-26-11-16(22)27-17(12-6-4-3-5-7-12)18(23)20-13-8-9-14(19)15(10-13)21(24)25/h3-10,17H,2,11H2,1H3,(H,20,23)/t17-/m0/s1. The predicted octanol–water partition coefficient (Wildman–Crippen LogP) is 3.51. The highest BCUT2D eigenvalue weighted by atomic mass is 35.5. The average molecular weight is 393 g/mol. The molecule has 1 atom stereocenters. The molecule has 0 bridgehead atoms. The van der Waals surface area contributed by atoms with E-state index in [2.05, 4.69) is 5.32 Å². The van der Waals surface area contributed by atoms with E-state index < -0.39 is 22.9 Å². The number of nitro groups is 1. The van der Waals surface area contributed by atoms with Gasteiger partial charge in [-0.1, -0.05) is 41.9 Å². The molecule has 2 rings (SSSR count). The number of carbonyl (C=O) groups is 2. The highest BCUT2D eigenvalue weighted by Gasteiger charge is 2.26. The van der Waals surface area contributed by atoms with Gasteiger partial charge in [-0.05, 0) is 19.1 Å². The van der Waals surface area contributed by atoms with Crippen LogP contribution in [0.3, 0.4) is 0 Å². The second-order valence-electron chi connectivity index (χ2n) is 5.33. The summed E-state index contributed by atoms with van der Waals surface area (Å²) in [6.07, 6.45) is -1.24. The van der Waals surface area contributed by atoms with Crippen molar-refractivity contribution in [3.8, 4) is 0 Å². The van der Waals surface area contributed by atoms with Crippen LogP contribution in [0.1, 0.15) is 18.6 Å². The van der Waals surface area contributed by atoms with E-state index >= 15 is 0 Å². The number of nitrogens with one attached hydrogen (secondary N) is 1. The number of benzene rings is 2. The van der Waals surface area contributed by atoms with Crippen molar-refractivity contribution in [2.24, 2.45) is 0 Å². The van der Waals surface area contributed by atoms with Crippen molar-refractivity contribution in [1.82, 2.24) is 0 Å². The molecule has 2 aromatic carbocycles. The Balaban J connectivity index is 2.22. The molecule has 0 aliphatic carbocycles. The van der Waals surface area contributed by atoms with Crippen molar-refractivity contribution in [3.05, 3.63) is 69.2 Å². The molecule has 2 aromatic rings. The largest absolute Gasteiger partial charge is 0.446 e. The van der Waals surface area contributed by atoms with Crippen LogP contribution in [-0.2, 0) is 19.1 Å². The molecule has 1 N–H and O–H groups in total. The maximum Gasteiger partial charge on any atom is 0.333 e. The van der Waals surface area contributed by atoms with Crippen LogP contribution in [0, 0.1) is 10.1 Å². The summed E-state index contributed by atoms with van der Waals surface area (Å²) in [6, 6.07) is 12.2. The topological polar surface area (TPSA) is 108 Å². The monoisotopic (exact) mass is 392 g/mol. The van der Waals surface area contributed by atoms with E-state index in [1.54, 1.807) is 37.3 Å². The van der Waals surface area contributed by atoms with Gasteiger partial charge in [0.25, 0.3) is 11.6 Å². The minimum Gasteiger partial charge on any atom is -0.446 e. The first-order chi connectivity index (χ1) is 12.9. The summed E-state index contributed by atoms with van der Waals surface area (Å²) < 4.78 is 10.2. The van der Waals surface area contributed by atoms with Gasteiger partial charge in [0.05, 0.1) is 4.92 Å². The number of hydrogen-bond acceptors (Lipinski definition) is 6. The van der Waals surface area contributed by atoms with Crippen LogP contribution < -0.4 is 5.32 Å². The summed E-state index contributed by atoms with van der Waals surface area (Å²) in [5, 5.41) is 13.4. The Bertz CT molecular complexity index is 828. The number of hydrogen-bond donors (Lipinski definition) is 1. The van der Waals surface area contributed by atoms with Gasteiger partial charge in [0.2, 0.25) is 6.10 Å². The molecule has 8 nitrogen and oxygen atoms in total. The van der Waals surface area contributed by atoms with Gasteiger partial charge in [0.1, 0.15) is 11.6 Å². The number of rotatable bonds is 8. The SMILES string of the molecule is CCOCC(=O)O[C@H](C(=O)Nc1ccc(Cl)c([N+](=O)[O-])c1)c1ccccc1. The minimum atomic E-state index is -1.24. The number of nitro benzene ring substituents is 1. The molecule has 1 amide bonds. The molecular formula is C18H17ClN2O6.